The molecule has 84 valence electrons. The molecule has 0 fully saturated rings. The van der Waals surface area contributed by atoms with Gasteiger partial charge in [0.15, 0.2) is 0 Å². The van der Waals surface area contributed by atoms with E-state index < -0.39 is 22.5 Å². The summed E-state index contributed by atoms with van der Waals surface area (Å²) < 4.78 is 24.7. The Morgan fingerprint density at radius 2 is 2.20 bits per heavy atom. The van der Waals surface area contributed by atoms with Gasteiger partial charge in [0.05, 0.1) is 0 Å². The lowest BCUT2D eigenvalue weighted by molar-refractivity contribution is -0.137. The molecule has 15 heavy (non-hydrogen) atoms. The zero-order valence-electron chi connectivity index (χ0n) is 8.30. The van der Waals surface area contributed by atoms with Crippen LogP contribution in [0, 0.1) is 6.92 Å². The minimum atomic E-state index is -3.65. The zero-order valence-corrected chi connectivity index (χ0v) is 9.93. The van der Waals surface area contributed by atoms with Crippen LogP contribution in [0.1, 0.15) is 5.56 Å². The second-order valence-corrected chi connectivity index (χ2v) is 6.20. The molecule has 0 saturated heterocycles. The smallest absolute Gasteiger partial charge is 0.318 e. The Bertz CT molecular complexity index is 463. The summed E-state index contributed by atoms with van der Waals surface area (Å²) >= 11 is 1.09. The second-order valence-electron chi connectivity index (χ2n) is 3.05. The van der Waals surface area contributed by atoms with Crippen molar-refractivity contribution in [1.29, 1.82) is 0 Å². The average Bonchev–Trinajstić information content (AvgIpc) is 2.50. The van der Waals surface area contributed by atoms with Gasteiger partial charge in [-0.1, -0.05) is 0 Å². The van der Waals surface area contributed by atoms with Gasteiger partial charge in [-0.3, -0.25) is 4.79 Å². The maximum Gasteiger partial charge on any atom is 0.318 e. The van der Waals surface area contributed by atoms with Crippen LogP contribution in [-0.4, -0.2) is 37.4 Å². The predicted octanol–water partition coefficient (Wildman–Crippen LogP) is 0.762. The molecular formula is C8H11NO4S2. The Hall–Kier alpha value is -0.920. The normalized spacial score (nSPS) is 11.9. The highest BCUT2D eigenvalue weighted by Crippen LogP contribution is 2.24. The number of carbonyl (C=O) groups is 1. The topological polar surface area (TPSA) is 74.7 Å². The number of hydrogen-bond donors (Lipinski definition) is 1. The maximum absolute atomic E-state index is 11.8. The van der Waals surface area contributed by atoms with Crippen LogP contribution >= 0.6 is 11.3 Å². The summed E-state index contributed by atoms with van der Waals surface area (Å²) in [7, 11) is -2.40. The molecule has 0 saturated carbocycles. The lowest BCUT2D eigenvalue weighted by Crippen LogP contribution is -2.31. The van der Waals surface area contributed by atoms with E-state index >= 15 is 0 Å². The van der Waals surface area contributed by atoms with E-state index in [1.807, 2.05) is 0 Å². The minimum Gasteiger partial charge on any atom is -0.480 e. The molecule has 0 spiro atoms. The van der Waals surface area contributed by atoms with Crippen molar-refractivity contribution in [3.8, 4) is 0 Å². The molecule has 0 aromatic carbocycles. The van der Waals surface area contributed by atoms with Gasteiger partial charge in [0, 0.05) is 7.05 Å². The molecule has 1 aromatic rings. The third kappa shape index (κ3) is 2.55. The van der Waals surface area contributed by atoms with E-state index in [2.05, 4.69) is 0 Å². The second kappa shape index (κ2) is 4.30. The Morgan fingerprint density at radius 1 is 1.60 bits per heavy atom. The van der Waals surface area contributed by atoms with Crippen LogP contribution in [-0.2, 0) is 14.8 Å². The fourth-order valence-electron chi connectivity index (χ4n) is 1.04. The number of thiophene rings is 1. The van der Waals surface area contributed by atoms with E-state index in [0.717, 1.165) is 15.6 Å². The van der Waals surface area contributed by atoms with Gasteiger partial charge in [0.2, 0.25) is 0 Å². The molecule has 0 aliphatic heterocycles. The first-order valence-corrected chi connectivity index (χ1v) is 6.40. The van der Waals surface area contributed by atoms with Gasteiger partial charge < -0.3 is 5.11 Å². The van der Waals surface area contributed by atoms with Crippen molar-refractivity contribution < 1.29 is 18.3 Å². The lowest BCUT2D eigenvalue weighted by atomic mass is 10.4. The molecular weight excluding hydrogens is 238 g/mol. The Balaban J connectivity index is 3.04. The minimum absolute atomic E-state index is 0.200. The van der Waals surface area contributed by atoms with Crippen molar-refractivity contribution in [2.24, 2.45) is 0 Å². The summed E-state index contributed by atoms with van der Waals surface area (Å²) in [6.07, 6.45) is 0. The molecule has 0 atom stereocenters. The highest BCUT2D eigenvalue weighted by atomic mass is 32.2. The van der Waals surface area contributed by atoms with Crippen LogP contribution in [0.15, 0.2) is 15.7 Å². The fourth-order valence-corrected chi connectivity index (χ4v) is 3.76. The van der Waals surface area contributed by atoms with Crippen LogP contribution in [0.3, 0.4) is 0 Å². The van der Waals surface area contributed by atoms with Crippen molar-refractivity contribution >= 4 is 27.3 Å². The highest BCUT2D eigenvalue weighted by molar-refractivity contribution is 7.91. The van der Waals surface area contributed by atoms with Crippen molar-refractivity contribution in [1.82, 2.24) is 4.31 Å². The first-order valence-electron chi connectivity index (χ1n) is 4.08. The summed E-state index contributed by atoms with van der Waals surface area (Å²) in [5, 5.41) is 10.2. The lowest BCUT2D eigenvalue weighted by Gasteiger charge is -2.13. The third-order valence-electron chi connectivity index (χ3n) is 1.82. The standard InChI is InChI=1S/C8H11NO4S2/c1-6-3-4-14-8(6)15(12,13)9(2)5-7(10)11/h3-4H,5H2,1-2H3,(H,10,11). The largest absolute Gasteiger partial charge is 0.480 e. The van der Waals surface area contributed by atoms with E-state index in [4.69, 9.17) is 5.11 Å². The Kier molecular flexibility index (Phi) is 3.48. The average molecular weight is 249 g/mol. The van der Waals surface area contributed by atoms with Gasteiger partial charge in [-0.15, -0.1) is 11.3 Å². The first kappa shape index (κ1) is 12.2. The van der Waals surface area contributed by atoms with Crippen molar-refractivity contribution in [3.05, 3.63) is 17.0 Å². The van der Waals surface area contributed by atoms with Gasteiger partial charge in [0.1, 0.15) is 10.8 Å². The fraction of sp³-hybridized carbons (Fsp3) is 0.375. The molecule has 1 rings (SSSR count). The summed E-state index contributed by atoms with van der Waals surface area (Å²) in [4.78, 5) is 10.4. The number of aryl methyl sites for hydroxylation is 1. The van der Waals surface area contributed by atoms with Crippen LogP contribution < -0.4 is 0 Å². The molecule has 0 unspecified atom stereocenters. The molecule has 1 heterocycles. The molecule has 0 amide bonds. The van der Waals surface area contributed by atoms with Crippen LogP contribution in [0.2, 0.25) is 0 Å². The molecule has 1 N–H and O–H groups in total. The molecule has 0 bridgehead atoms. The first-order chi connectivity index (χ1) is 6.85. The number of rotatable bonds is 4. The number of aliphatic carboxylic acids is 1. The molecule has 0 aliphatic rings. The van der Waals surface area contributed by atoms with Crippen LogP contribution in [0.25, 0.3) is 0 Å². The monoisotopic (exact) mass is 249 g/mol. The summed E-state index contributed by atoms with van der Waals surface area (Å²) in [6.45, 7) is 1.15. The quantitative estimate of drug-likeness (QED) is 0.855. The van der Waals surface area contributed by atoms with E-state index in [0.29, 0.717) is 5.56 Å². The third-order valence-corrected chi connectivity index (χ3v) is 5.29. The molecule has 7 heteroatoms. The van der Waals surface area contributed by atoms with Gasteiger partial charge in [-0.2, -0.15) is 4.31 Å². The Labute approximate surface area is 92.0 Å². The highest BCUT2D eigenvalue weighted by Gasteiger charge is 2.25. The molecule has 0 aliphatic carbocycles. The van der Waals surface area contributed by atoms with Gasteiger partial charge >= 0.3 is 5.97 Å². The Morgan fingerprint density at radius 3 is 2.60 bits per heavy atom. The number of sulfonamides is 1. The van der Waals surface area contributed by atoms with E-state index in [1.54, 1.807) is 18.4 Å². The zero-order chi connectivity index (χ0) is 11.6. The number of carboxylic acids is 1. The van der Waals surface area contributed by atoms with E-state index in [1.165, 1.54) is 7.05 Å². The molecule has 5 nitrogen and oxygen atoms in total. The summed E-state index contributed by atoms with van der Waals surface area (Å²) in [6, 6.07) is 1.69. The van der Waals surface area contributed by atoms with Crippen LogP contribution in [0.5, 0.6) is 0 Å². The molecule has 0 radical (unpaired) electrons. The number of likely N-dealkylation sites (N-methyl/N-ethyl adjacent to an activating group) is 1. The molecule has 1 aromatic heterocycles. The summed E-state index contributed by atoms with van der Waals surface area (Å²) in [5.41, 5.74) is 0.636. The van der Waals surface area contributed by atoms with E-state index in [9.17, 15) is 13.2 Å². The van der Waals surface area contributed by atoms with Crippen molar-refractivity contribution in [2.45, 2.75) is 11.1 Å². The van der Waals surface area contributed by atoms with Crippen LogP contribution in [0.4, 0.5) is 0 Å². The number of nitrogens with zero attached hydrogens (tertiary/aromatic N) is 1. The summed E-state index contributed by atoms with van der Waals surface area (Å²) in [5.74, 6) is -1.17. The van der Waals surface area contributed by atoms with E-state index in [-0.39, 0.29) is 4.21 Å². The van der Waals surface area contributed by atoms with Gasteiger partial charge in [0.25, 0.3) is 10.0 Å². The maximum atomic E-state index is 11.8. The number of carboxylic acid groups (broad SMARTS) is 1. The van der Waals surface area contributed by atoms with Crippen molar-refractivity contribution in [3.63, 3.8) is 0 Å². The van der Waals surface area contributed by atoms with Gasteiger partial charge in [-0.25, -0.2) is 8.42 Å². The van der Waals surface area contributed by atoms with Crippen molar-refractivity contribution in [2.75, 3.05) is 13.6 Å². The van der Waals surface area contributed by atoms with Gasteiger partial charge in [-0.05, 0) is 23.9 Å². The number of hydrogen-bond acceptors (Lipinski definition) is 4. The predicted molar refractivity (Wildman–Crippen MR) is 56.5 cm³/mol. The SMILES string of the molecule is Cc1ccsc1S(=O)(=O)N(C)CC(=O)O.